The fourth-order valence-electron chi connectivity index (χ4n) is 2.70. The second-order valence-electron chi connectivity index (χ2n) is 5.59. The molecule has 3 rings (SSSR count). The van der Waals surface area contributed by atoms with Gasteiger partial charge in [-0.1, -0.05) is 6.07 Å². The maximum atomic E-state index is 12.5. The number of nitrogens with zero attached hydrogens (tertiary/aromatic N) is 3. The van der Waals surface area contributed by atoms with Gasteiger partial charge in [0.05, 0.1) is 16.1 Å². The van der Waals surface area contributed by atoms with Crippen LogP contribution < -0.4 is 4.74 Å². The molecule has 24 heavy (non-hydrogen) atoms. The zero-order valence-corrected chi connectivity index (χ0v) is 14.6. The van der Waals surface area contributed by atoms with Gasteiger partial charge in [0.2, 0.25) is 5.88 Å². The molecular formula is C18H16BrN3O2. The first-order chi connectivity index (χ1) is 11.7. The number of benzene rings is 1. The molecule has 1 aromatic carbocycles. The summed E-state index contributed by atoms with van der Waals surface area (Å²) in [6.07, 6.45) is 3.26. The van der Waals surface area contributed by atoms with Crippen LogP contribution in [0, 0.1) is 11.3 Å². The predicted octanol–water partition coefficient (Wildman–Crippen LogP) is 3.40. The van der Waals surface area contributed by atoms with Crippen LogP contribution in [0.2, 0.25) is 0 Å². The summed E-state index contributed by atoms with van der Waals surface area (Å²) in [5.74, 6) is 0.550. The number of pyridine rings is 1. The largest absolute Gasteiger partial charge is 0.473 e. The lowest BCUT2D eigenvalue weighted by Gasteiger charge is -2.32. The molecule has 0 spiro atoms. The standard InChI is InChI=1S/C18H16BrN3O2/c19-16-5-2-8-21-17(16)24-15-6-9-22(10-7-15)18(23)14-4-1-3-13(11-14)12-20/h1-5,8,11,15H,6-7,9-10H2. The topological polar surface area (TPSA) is 66.2 Å². The summed E-state index contributed by atoms with van der Waals surface area (Å²) in [6, 6.07) is 12.6. The quantitative estimate of drug-likeness (QED) is 0.811. The number of amides is 1. The molecule has 6 heteroatoms. The zero-order chi connectivity index (χ0) is 16.9. The maximum absolute atomic E-state index is 12.5. The van der Waals surface area contributed by atoms with Gasteiger partial charge in [0.25, 0.3) is 5.91 Å². The van der Waals surface area contributed by atoms with Crippen molar-refractivity contribution in [3.05, 3.63) is 58.2 Å². The molecule has 5 nitrogen and oxygen atoms in total. The molecule has 122 valence electrons. The highest BCUT2D eigenvalue weighted by atomic mass is 79.9. The number of halogens is 1. The Bertz CT molecular complexity index is 780. The SMILES string of the molecule is N#Cc1cccc(C(=O)N2CCC(Oc3ncccc3Br)CC2)c1. The average molecular weight is 386 g/mol. The Balaban J connectivity index is 1.59. The van der Waals surface area contributed by atoms with Crippen LogP contribution in [0.15, 0.2) is 47.1 Å². The van der Waals surface area contributed by atoms with Gasteiger partial charge < -0.3 is 9.64 Å². The van der Waals surface area contributed by atoms with Gasteiger partial charge in [0.15, 0.2) is 0 Å². The number of carbonyl (C=O) groups is 1. The van der Waals surface area contributed by atoms with Gasteiger partial charge in [0.1, 0.15) is 6.10 Å². The summed E-state index contributed by atoms with van der Waals surface area (Å²) in [5, 5.41) is 8.95. The molecule has 0 radical (unpaired) electrons. The lowest BCUT2D eigenvalue weighted by molar-refractivity contribution is 0.0586. The number of nitriles is 1. The van der Waals surface area contributed by atoms with E-state index in [-0.39, 0.29) is 12.0 Å². The molecule has 0 unspecified atom stereocenters. The molecule has 2 heterocycles. The molecule has 0 N–H and O–H groups in total. The summed E-state index contributed by atoms with van der Waals surface area (Å²) >= 11 is 3.42. The number of ether oxygens (including phenoxy) is 1. The molecule has 1 amide bonds. The van der Waals surface area contributed by atoms with E-state index in [4.69, 9.17) is 10.00 Å². The number of carbonyl (C=O) groups excluding carboxylic acids is 1. The third-order valence-corrected chi connectivity index (χ3v) is 4.57. The number of rotatable bonds is 3. The summed E-state index contributed by atoms with van der Waals surface area (Å²) in [7, 11) is 0. The normalized spacial score (nSPS) is 14.9. The lowest BCUT2D eigenvalue weighted by atomic mass is 10.1. The predicted molar refractivity (Wildman–Crippen MR) is 92.6 cm³/mol. The summed E-state index contributed by atoms with van der Waals surface area (Å²) in [4.78, 5) is 18.6. The van der Waals surface area contributed by atoms with Crippen LogP contribution in [0.5, 0.6) is 5.88 Å². The van der Waals surface area contributed by atoms with E-state index in [9.17, 15) is 4.79 Å². The summed E-state index contributed by atoms with van der Waals surface area (Å²) < 4.78 is 6.75. The van der Waals surface area contributed by atoms with E-state index in [1.54, 1.807) is 30.5 Å². The second-order valence-corrected chi connectivity index (χ2v) is 6.45. The molecule has 0 aliphatic carbocycles. The van der Waals surface area contributed by atoms with Crippen molar-refractivity contribution in [3.8, 4) is 11.9 Å². The molecule has 1 aliphatic heterocycles. The van der Waals surface area contributed by atoms with Crippen molar-refractivity contribution in [1.29, 1.82) is 5.26 Å². The first kappa shape index (κ1) is 16.5. The summed E-state index contributed by atoms with van der Waals surface area (Å²) in [6.45, 7) is 1.26. The Hall–Kier alpha value is -2.39. The van der Waals surface area contributed by atoms with E-state index in [1.807, 2.05) is 17.0 Å². The minimum Gasteiger partial charge on any atom is -0.473 e. The molecule has 1 fully saturated rings. The van der Waals surface area contributed by atoms with Crippen molar-refractivity contribution in [1.82, 2.24) is 9.88 Å². The lowest BCUT2D eigenvalue weighted by Crippen LogP contribution is -2.41. The van der Waals surface area contributed by atoms with Gasteiger partial charge >= 0.3 is 0 Å². The average Bonchev–Trinajstić information content (AvgIpc) is 2.64. The highest BCUT2D eigenvalue weighted by molar-refractivity contribution is 9.10. The van der Waals surface area contributed by atoms with Gasteiger partial charge in [-0.05, 0) is 46.3 Å². The van der Waals surface area contributed by atoms with Crippen molar-refractivity contribution in [2.75, 3.05) is 13.1 Å². The first-order valence-electron chi connectivity index (χ1n) is 7.74. The Labute approximate surface area is 149 Å². The smallest absolute Gasteiger partial charge is 0.253 e. The zero-order valence-electron chi connectivity index (χ0n) is 13.0. The minimum atomic E-state index is -0.0374. The van der Waals surface area contributed by atoms with Crippen molar-refractivity contribution >= 4 is 21.8 Å². The molecule has 0 atom stereocenters. The van der Waals surface area contributed by atoms with Crippen LogP contribution >= 0.6 is 15.9 Å². The molecule has 0 bridgehead atoms. The van der Waals surface area contributed by atoms with Crippen LogP contribution in [0.1, 0.15) is 28.8 Å². The number of aromatic nitrogens is 1. The van der Waals surface area contributed by atoms with Crippen molar-refractivity contribution < 1.29 is 9.53 Å². The van der Waals surface area contributed by atoms with E-state index in [0.29, 0.717) is 30.1 Å². The van der Waals surface area contributed by atoms with Gasteiger partial charge in [0, 0.05) is 37.7 Å². The highest BCUT2D eigenvalue weighted by Gasteiger charge is 2.25. The third kappa shape index (κ3) is 3.74. The van der Waals surface area contributed by atoms with Crippen molar-refractivity contribution in [2.45, 2.75) is 18.9 Å². The van der Waals surface area contributed by atoms with E-state index in [1.165, 1.54) is 0 Å². The first-order valence-corrected chi connectivity index (χ1v) is 8.53. The van der Waals surface area contributed by atoms with Gasteiger partial charge in [-0.3, -0.25) is 4.79 Å². The Morgan fingerprint density at radius 1 is 1.29 bits per heavy atom. The van der Waals surface area contributed by atoms with Crippen LogP contribution in [0.25, 0.3) is 0 Å². The van der Waals surface area contributed by atoms with Crippen LogP contribution in [0.3, 0.4) is 0 Å². The second kappa shape index (κ2) is 7.45. The Morgan fingerprint density at radius 2 is 2.08 bits per heavy atom. The number of hydrogen-bond acceptors (Lipinski definition) is 4. The Kier molecular flexibility index (Phi) is 5.11. The van der Waals surface area contributed by atoms with E-state index in [2.05, 4.69) is 27.0 Å². The molecule has 1 aromatic heterocycles. The third-order valence-electron chi connectivity index (χ3n) is 3.97. The molecule has 0 saturated carbocycles. The van der Waals surface area contributed by atoms with Crippen molar-refractivity contribution in [2.24, 2.45) is 0 Å². The van der Waals surface area contributed by atoms with Gasteiger partial charge in [-0.2, -0.15) is 5.26 Å². The fraction of sp³-hybridized carbons (Fsp3) is 0.278. The van der Waals surface area contributed by atoms with Gasteiger partial charge in [-0.15, -0.1) is 0 Å². The molecular weight excluding hydrogens is 370 g/mol. The highest BCUT2D eigenvalue weighted by Crippen LogP contribution is 2.25. The van der Waals surface area contributed by atoms with Crippen LogP contribution in [-0.4, -0.2) is 35.0 Å². The maximum Gasteiger partial charge on any atom is 0.253 e. The van der Waals surface area contributed by atoms with E-state index >= 15 is 0 Å². The molecule has 2 aromatic rings. The number of likely N-dealkylation sites (tertiary alicyclic amines) is 1. The van der Waals surface area contributed by atoms with Crippen LogP contribution in [-0.2, 0) is 0 Å². The number of piperidine rings is 1. The van der Waals surface area contributed by atoms with Crippen LogP contribution in [0.4, 0.5) is 0 Å². The van der Waals surface area contributed by atoms with E-state index in [0.717, 1.165) is 17.3 Å². The number of hydrogen-bond donors (Lipinski definition) is 0. The van der Waals surface area contributed by atoms with Gasteiger partial charge in [-0.25, -0.2) is 4.98 Å². The molecule has 1 saturated heterocycles. The summed E-state index contributed by atoms with van der Waals surface area (Å²) in [5.41, 5.74) is 1.06. The van der Waals surface area contributed by atoms with E-state index < -0.39 is 0 Å². The minimum absolute atomic E-state index is 0.0374. The van der Waals surface area contributed by atoms with Crippen molar-refractivity contribution in [3.63, 3.8) is 0 Å². The molecule has 1 aliphatic rings. The monoisotopic (exact) mass is 385 g/mol. The Morgan fingerprint density at radius 3 is 2.79 bits per heavy atom. The fourth-order valence-corrected chi connectivity index (χ4v) is 3.05.